The van der Waals surface area contributed by atoms with Gasteiger partial charge in [0.05, 0.1) is 5.69 Å². The fourth-order valence-electron chi connectivity index (χ4n) is 4.79. The number of aliphatic imine (C=N–C) groups is 2. The van der Waals surface area contributed by atoms with Crippen molar-refractivity contribution in [2.75, 3.05) is 0 Å². The van der Waals surface area contributed by atoms with Gasteiger partial charge in [0.15, 0.2) is 0 Å². The monoisotopic (exact) mass is 684 g/mol. The predicted octanol–water partition coefficient (Wildman–Crippen LogP) is 14.1. The molecule has 0 fully saturated rings. The molecule has 5 heteroatoms. The molecule has 0 unspecified atom stereocenters. The van der Waals surface area contributed by atoms with Gasteiger partial charge in [-0.15, -0.1) is 12.0 Å². The van der Waals surface area contributed by atoms with Gasteiger partial charge < -0.3 is 15.6 Å². The van der Waals surface area contributed by atoms with Gasteiger partial charge in [0.2, 0.25) is 0 Å². The first-order valence-corrected chi connectivity index (χ1v) is 17.6. The van der Waals surface area contributed by atoms with Crippen LogP contribution in [0.5, 0.6) is 0 Å². The van der Waals surface area contributed by atoms with Crippen molar-refractivity contribution in [3.05, 3.63) is 81.1 Å². The Balaban J connectivity index is 0.00000184. The van der Waals surface area contributed by atoms with Gasteiger partial charge in [0.1, 0.15) is 0 Å². The summed E-state index contributed by atoms with van der Waals surface area (Å²) in [6.45, 7) is 39.8. The summed E-state index contributed by atoms with van der Waals surface area (Å²) in [6, 6.07) is 14.1. The molecule has 0 amide bonds. The average molecular weight is 685 g/mol. The quantitative estimate of drug-likeness (QED) is 0.129. The molecule has 2 rings (SSSR count). The minimum absolute atomic E-state index is 0. The summed E-state index contributed by atoms with van der Waals surface area (Å²) < 4.78 is 0. The molecule has 2 aromatic rings. The van der Waals surface area contributed by atoms with Crippen LogP contribution in [0.4, 0.5) is 11.4 Å². The molecule has 4 nitrogen and oxygen atoms in total. The second-order valence-electron chi connectivity index (χ2n) is 16.4. The van der Waals surface area contributed by atoms with Crippen molar-refractivity contribution in [1.82, 2.24) is 0 Å². The van der Waals surface area contributed by atoms with Crippen molar-refractivity contribution < 1.29 is 17.1 Å². The largest absolute Gasteiger partial charge is 2.00 e. The molecule has 2 aromatic carbocycles. The topological polar surface area (TPSA) is 52.9 Å². The van der Waals surface area contributed by atoms with Crippen LogP contribution in [0.2, 0.25) is 0 Å². The van der Waals surface area contributed by atoms with E-state index in [-0.39, 0.29) is 27.9 Å². The van der Waals surface area contributed by atoms with E-state index in [1.54, 1.807) is 6.34 Å². The van der Waals surface area contributed by atoms with Crippen molar-refractivity contribution in [1.29, 1.82) is 0 Å². The van der Waals surface area contributed by atoms with Gasteiger partial charge in [-0.1, -0.05) is 178 Å². The number of allylic oxidation sites excluding steroid dienone is 2. The zero-order valence-electron chi connectivity index (χ0n) is 33.2. The smallest absolute Gasteiger partial charge is 0.660 e. The van der Waals surface area contributed by atoms with Crippen LogP contribution >= 0.6 is 0 Å². The van der Waals surface area contributed by atoms with E-state index in [4.69, 9.17) is 10.3 Å². The molecule has 0 spiro atoms. The molecule has 0 heterocycles. The Morgan fingerprint density at radius 2 is 1.02 bits per heavy atom. The third-order valence-electron chi connectivity index (χ3n) is 7.69. The molecule has 0 aliphatic heterocycles. The zero-order chi connectivity index (χ0) is 35.6. The van der Waals surface area contributed by atoms with Crippen LogP contribution in [-0.4, -0.2) is 24.1 Å². The first-order valence-electron chi connectivity index (χ1n) is 17.6. The van der Waals surface area contributed by atoms with Crippen LogP contribution in [0.15, 0.2) is 58.2 Å². The molecule has 0 bridgehead atoms. The molecule has 0 aliphatic rings. The van der Waals surface area contributed by atoms with Gasteiger partial charge in [-0.3, -0.25) is 4.99 Å². The molecule has 0 radical (unpaired) electrons. The maximum absolute atomic E-state index is 5.46. The minimum Gasteiger partial charge on any atom is -0.660 e. The van der Waals surface area contributed by atoms with E-state index in [2.05, 4.69) is 150 Å². The van der Waals surface area contributed by atoms with Gasteiger partial charge in [0.25, 0.3) is 0 Å². The fourth-order valence-corrected chi connectivity index (χ4v) is 4.79. The number of hydrogen-bond acceptors (Lipinski definition) is 2. The Bertz CT molecular complexity index is 1260. The zero-order valence-corrected chi connectivity index (χ0v) is 34.3. The number of hydrogen-bond donors (Lipinski definition) is 0. The van der Waals surface area contributed by atoms with E-state index in [9.17, 15) is 0 Å². The SMILES string of the molecule is CC(C)N=C[N-]C(C)C.CC(C)c1cccc(C(C)C)c1N=C(/C=C(\[N-]c1c(C(C)C)cccc1C(C)C)C(C)(C)C)C(C)(C)C.[Fe+2]. The van der Waals surface area contributed by atoms with Crippen molar-refractivity contribution in [3.63, 3.8) is 0 Å². The van der Waals surface area contributed by atoms with Crippen molar-refractivity contribution in [2.45, 2.75) is 160 Å². The van der Waals surface area contributed by atoms with Crippen LogP contribution < -0.4 is 0 Å². The number of rotatable bonds is 11. The second-order valence-corrected chi connectivity index (χ2v) is 16.4. The number of para-hydroxylation sites is 2. The van der Waals surface area contributed by atoms with E-state index in [0.717, 1.165) is 22.8 Å². The first kappa shape index (κ1) is 44.6. The molecule has 0 N–H and O–H groups in total. The molecule has 0 atom stereocenters. The van der Waals surface area contributed by atoms with E-state index in [1.807, 2.05) is 27.7 Å². The molecular weight excluding hydrogens is 616 g/mol. The van der Waals surface area contributed by atoms with Crippen LogP contribution in [0.25, 0.3) is 10.6 Å². The van der Waals surface area contributed by atoms with E-state index < -0.39 is 0 Å². The van der Waals surface area contributed by atoms with Gasteiger partial charge in [0, 0.05) is 11.1 Å². The third kappa shape index (κ3) is 14.7. The Morgan fingerprint density at radius 3 is 1.34 bits per heavy atom. The third-order valence-corrected chi connectivity index (χ3v) is 7.69. The van der Waals surface area contributed by atoms with E-state index in [0.29, 0.717) is 35.8 Å². The molecular formula is C42H68FeN4. The van der Waals surface area contributed by atoms with Crippen LogP contribution in [-0.2, 0) is 17.1 Å². The summed E-state index contributed by atoms with van der Waals surface area (Å²) in [4.78, 5) is 9.54. The summed E-state index contributed by atoms with van der Waals surface area (Å²) in [5.41, 5.74) is 9.37. The van der Waals surface area contributed by atoms with Gasteiger partial charge >= 0.3 is 17.1 Å². The summed E-state index contributed by atoms with van der Waals surface area (Å²) in [5.74, 6) is 1.61. The van der Waals surface area contributed by atoms with Crippen molar-refractivity contribution in [2.24, 2.45) is 20.8 Å². The Hall–Kier alpha value is -2.36. The maximum Gasteiger partial charge on any atom is 2.00 e. The van der Waals surface area contributed by atoms with Crippen molar-refractivity contribution >= 4 is 23.4 Å². The fraction of sp³-hybridized carbons (Fsp3) is 0.619. The molecule has 0 aliphatic carbocycles. The van der Waals surface area contributed by atoms with Crippen LogP contribution in [0.3, 0.4) is 0 Å². The Labute approximate surface area is 301 Å². The molecule has 0 saturated carbocycles. The van der Waals surface area contributed by atoms with Crippen molar-refractivity contribution in [3.8, 4) is 0 Å². The molecule has 264 valence electrons. The first-order chi connectivity index (χ1) is 21.1. The van der Waals surface area contributed by atoms with Crippen LogP contribution in [0, 0.1) is 10.8 Å². The minimum atomic E-state index is -0.136. The normalized spacial score (nSPS) is 13.2. The second kappa shape index (κ2) is 19.6. The average Bonchev–Trinajstić information content (AvgIpc) is 2.90. The number of nitrogens with zero attached hydrogens (tertiary/aromatic N) is 4. The summed E-state index contributed by atoms with van der Waals surface area (Å²) >= 11 is 0. The molecule has 0 aromatic heterocycles. The van der Waals surface area contributed by atoms with Gasteiger partial charge in [-0.25, -0.2) is 0 Å². The van der Waals surface area contributed by atoms with Gasteiger partial charge in [-0.05, 0) is 52.3 Å². The number of benzene rings is 2. The Morgan fingerprint density at radius 1 is 0.617 bits per heavy atom. The van der Waals surface area contributed by atoms with Crippen LogP contribution in [0.1, 0.15) is 171 Å². The predicted molar refractivity (Wildman–Crippen MR) is 208 cm³/mol. The summed E-state index contributed by atoms with van der Waals surface area (Å²) in [7, 11) is 0. The standard InChI is InChI=1S/C35H53N2.C7H15N2.Fe/c1-22(2)26-17-15-18-27(23(3)4)32(26)36-30(34(9,10)11)21-31(35(12,13)14)37-33-28(24(5)6)19-16-20-29(33)25(7)8;1-6(2)8-5-9-7(3)4;/h15-25H,1-14H3;5-7H,1-4H3;/q2*-1;+2/b30-21-,37-31?;;. The molecule has 0 saturated heterocycles. The maximum atomic E-state index is 5.46. The summed E-state index contributed by atoms with van der Waals surface area (Å²) in [6.07, 6.45) is 3.93. The van der Waals surface area contributed by atoms with Gasteiger partial charge in [-0.2, -0.15) is 5.70 Å². The molecule has 47 heavy (non-hydrogen) atoms. The summed E-state index contributed by atoms with van der Waals surface area (Å²) in [5, 5.41) is 9.54. The Kier molecular flexibility index (Phi) is 18.6. The van der Waals surface area contributed by atoms with E-state index in [1.165, 1.54) is 22.3 Å². The van der Waals surface area contributed by atoms with E-state index >= 15 is 0 Å².